The number of carbonyl (C=O) groups is 2. The third kappa shape index (κ3) is 3.47. The quantitative estimate of drug-likeness (QED) is 0.744. The molecule has 7 heteroatoms. The number of esters is 2. The smallest absolute Gasteiger partial charge is 0.351 e. The molecule has 0 amide bonds. The molecule has 0 radical (unpaired) electrons. The van der Waals surface area contributed by atoms with Crippen molar-refractivity contribution in [3.05, 3.63) is 34.3 Å². The monoisotopic (exact) mass is 369 g/mol. The molecule has 2 atom stereocenters. The third-order valence-electron chi connectivity index (χ3n) is 3.06. The van der Waals surface area contributed by atoms with Gasteiger partial charge in [-0.1, -0.05) is 33.2 Å². The van der Waals surface area contributed by atoms with Gasteiger partial charge < -0.3 is 14.3 Å². The molecule has 2 rings (SSSR count). The normalized spacial score (nSPS) is 20.0. The number of benzene rings is 1. The molecular formula is C15H16BrNO5. The zero-order valence-corrected chi connectivity index (χ0v) is 13.8. The minimum atomic E-state index is -1.11. The molecule has 1 aromatic carbocycles. The van der Waals surface area contributed by atoms with Crippen LogP contribution in [0.4, 0.5) is 0 Å². The molecule has 118 valence electrons. The van der Waals surface area contributed by atoms with Crippen LogP contribution >= 0.6 is 15.9 Å². The fourth-order valence-electron chi connectivity index (χ4n) is 2.10. The van der Waals surface area contributed by atoms with Gasteiger partial charge in [-0.3, -0.25) is 4.79 Å². The van der Waals surface area contributed by atoms with E-state index in [9.17, 15) is 9.59 Å². The Balaban J connectivity index is 2.30. The summed E-state index contributed by atoms with van der Waals surface area (Å²) in [6.45, 7) is 3.78. The lowest BCUT2D eigenvalue weighted by Gasteiger charge is -2.16. The van der Waals surface area contributed by atoms with E-state index >= 15 is 0 Å². The highest BCUT2D eigenvalue weighted by Crippen LogP contribution is 2.26. The van der Waals surface area contributed by atoms with Crippen LogP contribution < -0.4 is 0 Å². The second kappa shape index (κ2) is 7.40. The fourth-order valence-corrected chi connectivity index (χ4v) is 2.36. The zero-order chi connectivity index (χ0) is 16.1. The van der Waals surface area contributed by atoms with E-state index in [0.717, 1.165) is 4.47 Å². The van der Waals surface area contributed by atoms with E-state index in [1.807, 2.05) is 12.1 Å². The Hall–Kier alpha value is -1.89. The fraction of sp³-hybridized carbons (Fsp3) is 0.400. The van der Waals surface area contributed by atoms with E-state index in [2.05, 4.69) is 21.1 Å². The van der Waals surface area contributed by atoms with Gasteiger partial charge in [-0.2, -0.15) is 0 Å². The average molecular weight is 370 g/mol. The highest BCUT2D eigenvalue weighted by Gasteiger charge is 2.46. The predicted molar refractivity (Wildman–Crippen MR) is 82.3 cm³/mol. The molecule has 0 spiro atoms. The van der Waals surface area contributed by atoms with E-state index in [1.54, 1.807) is 26.0 Å². The SMILES string of the molecule is CCOC(=O)[C@@H]1C(c2ccc(Br)cc2)=NO[C@H]1C(=O)OCC. The summed E-state index contributed by atoms with van der Waals surface area (Å²) < 4.78 is 10.9. The number of rotatable bonds is 5. The van der Waals surface area contributed by atoms with Gasteiger partial charge in [0.1, 0.15) is 5.71 Å². The van der Waals surface area contributed by atoms with Crippen LogP contribution in [-0.2, 0) is 23.9 Å². The Bertz CT molecular complexity index is 584. The second-order valence-corrected chi connectivity index (χ2v) is 5.41. The highest BCUT2D eigenvalue weighted by molar-refractivity contribution is 9.10. The van der Waals surface area contributed by atoms with E-state index in [1.165, 1.54) is 0 Å². The highest BCUT2D eigenvalue weighted by atomic mass is 79.9. The lowest BCUT2D eigenvalue weighted by Crippen LogP contribution is -2.39. The van der Waals surface area contributed by atoms with Crippen molar-refractivity contribution in [1.82, 2.24) is 0 Å². The summed E-state index contributed by atoms with van der Waals surface area (Å²) in [5.41, 5.74) is 1.05. The first-order valence-electron chi connectivity index (χ1n) is 6.91. The Morgan fingerprint density at radius 3 is 2.32 bits per heavy atom. The summed E-state index contributed by atoms with van der Waals surface area (Å²) in [6, 6.07) is 7.20. The molecule has 0 unspecified atom stereocenters. The van der Waals surface area contributed by atoms with Crippen LogP contribution in [0.5, 0.6) is 0 Å². The lowest BCUT2D eigenvalue weighted by atomic mass is 9.92. The maximum Gasteiger partial charge on any atom is 0.351 e. The molecule has 0 fully saturated rings. The maximum absolute atomic E-state index is 12.2. The van der Waals surface area contributed by atoms with Gasteiger partial charge in [0.05, 0.1) is 13.2 Å². The zero-order valence-electron chi connectivity index (χ0n) is 12.2. The molecule has 1 aromatic rings. The molecule has 0 saturated carbocycles. The van der Waals surface area contributed by atoms with Crippen molar-refractivity contribution in [2.45, 2.75) is 20.0 Å². The van der Waals surface area contributed by atoms with Crippen molar-refractivity contribution in [2.75, 3.05) is 13.2 Å². The van der Waals surface area contributed by atoms with Gasteiger partial charge in [0.25, 0.3) is 0 Å². The van der Waals surface area contributed by atoms with Gasteiger partial charge in [-0.25, -0.2) is 4.79 Å². The molecule has 22 heavy (non-hydrogen) atoms. The van der Waals surface area contributed by atoms with Crippen molar-refractivity contribution in [2.24, 2.45) is 11.1 Å². The molecule has 0 saturated heterocycles. The van der Waals surface area contributed by atoms with Crippen LogP contribution in [0.2, 0.25) is 0 Å². The number of nitrogens with zero attached hydrogens (tertiary/aromatic N) is 1. The van der Waals surface area contributed by atoms with Gasteiger partial charge in [0.2, 0.25) is 6.10 Å². The van der Waals surface area contributed by atoms with E-state index in [4.69, 9.17) is 14.3 Å². The second-order valence-electron chi connectivity index (χ2n) is 4.49. The van der Waals surface area contributed by atoms with Crippen LogP contribution in [0, 0.1) is 5.92 Å². The third-order valence-corrected chi connectivity index (χ3v) is 3.59. The van der Waals surface area contributed by atoms with Crippen LogP contribution in [0.1, 0.15) is 19.4 Å². The molecule has 6 nitrogen and oxygen atoms in total. The number of hydrogen-bond donors (Lipinski definition) is 0. The van der Waals surface area contributed by atoms with Gasteiger partial charge >= 0.3 is 11.9 Å². The van der Waals surface area contributed by atoms with E-state index < -0.39 is 24.0 Å². The number of carbonyl (C=O) groups excluding carboxylic acids is 2. The molecule has 0 aliphatic carbocycles. The maximum atomic E-state index is 12.2. The summed E-state index contributed by atoms with van der Waals surface area (Å²) >= 11 is 3.34. The minimum Gasteiger partial charge on any atom is -0.465 e. The summed E-state index contributed by atoms with van der Waals surface area (Å²) in [7, 11) is 0. The van der Waals surface area contributed by atoms with Crippen LogP contribution in [-0.4, -0.2) is 37.0 Å². The van der Waals surface area contributed by atoms with Crippen molar-refractivity contribution in [3.63, 3.8) is 0 Å². The number of hydrogen-bond acceptors (Lipinski definition) is 6. The van der Waals surface area contributed by atoms with Gasteiger partial charge in [-0.15, -0.1) is 0 Å². The molecule has 1 aliphatic heterocycles. The van der Waals surface area contributed by atoms with Crippen molar-refractivity contribution < 1.29 is 23.9 Å². The molecule has 0 N–H and O–H groups in total. The van der Waals surface area contributed by atoms with E-state index in [-0.39, 0.29) is 13.2 Å². The Morgan fingerprint density at radius 1 is 1.14 bits per heavy atom. The summed E-state index contributed by atoms with van der Waals surface area (Å²) in [4.78, 5) is 29.3. The molecule has 0 aromatic heterocycles. The van der Waals surface area contributed by atoms with Crippen LogP contribution in [0.25, 0.3) is 0 Å². The first kappa shape index (κ1) is 16.5. The molecule has 1 aliphatic rings. The molecule has 1 heterocycles. The van der Waals surface area contributed by atoms with Crippen molar-refractivity contribution >= 4 is 33.6 Å². The first-order chi connectivity index (χ1) is 10.6. The van der Waals surface area contributed by atoms with Crippen molar-refractivity contribution in [1.29, 1.82) is 0 Å². The number of oxime groups is 1. The van der Waals surface area contributed by atoms with Gasteiger partial charge in [0.15, 0.2) is 5.92 Å². The van der Waals surface area contributed by atoms with Gasteiger partial charge in [-0.05, 0) is 26.0 Å². The van der Waals surface area contributed by atoms with Crippen LogP contribution in [0.15, 0.2) is 33.9 Å². The first-order valence-corrected chi connectivity index (χ1v) is 7.70. The summed E-state index contributed by atoms with van der Waals surface area (Å²) in [6.07, 6.45) is -1.11. The summed E-state index contributed by atoms with van der Waals surface area (Å²) in [5.74, 6) is -2.11. The lowest BCUT2D eigenvalue weighted by molar-refractivity contribution is -0.164. The Labute approximate surface area is 136 Å². The van der Waals surface area contributed by atoms with E-state index in [0.29, 0.717) is 11.3 Å². The minimum absolute atomic E-state index is 0.196. The predicted octanol–water partition coefficient (Wildman–Crippen LogP) is 2.29. The Kier molecular flexibility index (Phi) is 5.54. The average Bonchev–Trinajstić information content (AvgIpc) is 2.93. The van der Waals surface area contributed by atoms with Crippen LogP contribution in [0.3, 0.4) is 0 Å². The van der Waals surface area contributed by atoms with Gasteiger partial charge in [0, 0.05) is 10.0 Å². The number of ether oxygens (including phenoxy) is 2. The standard InChI is InChI=1S/C15H16BrNO5/c1-3-20-14(18)11-12(9-5-7-10(16)8-6-9)17-22-13(11)15(19)21-4-2/h5-8,11,13H,3-4H2,1-2H3/t11-,13-/m1/s1. The molecule has 0 bridgehead atoms. The largest absolute Gasteiger partial charge is 0.465 e. The number of halogens is 1. The summed E-state index contributed by atoms with van der Waals surface area (Å²) in [5, 5.41) is 3.90. The molecular weight excluding hydrogens is 354 g/mol. The van der Waals surface area contributed by atoms with Crippen molar-refractivity contribution in [3.8, 4) is 0 Å². The topological polar surface area (TPSA) is 74.2 Å². The Morgan fingerprint density at radius 2 is 1.73 bits per heavy atom.